The molecule has 1 aromatic heterocycles. The fourth-order valence-corrected chi connectivity index (χ4v) is 2.36. The second-order valence-electron chi connectivity index (χ2n) is 5.45. The van der Waals surface area contributed by atoms with Crippen LogP contribution in [-0.4, -0.2) is 35.3 Å². The van der Waals surface area contributed by atoms with Gasteiger partial charge in [0, 0.05) is 18.5 Å². The Hall–Kier alpha value is -1.40. The number of nitrogens with one attached hydrogen (secondary N) is 1. The quantitative estimate of drug-likeness (QED) is 0.633. The van der Waals surface area contributed by atoms with Crippen LogP contribution in [0.2, 0.25) is 0 Å². The van der Waals surface area contributed by atoms with Crippen molar-refractivity contribution in [2.75, 3.05) is 30.1 Å². The molecule has 106 valence electrons. The van der Waals surface area contributed by atoms with Gasteiger partial charge in [-0.15, -0.1) is 0 Å². The summed E-state index contributed by atoms with van der Waals surface area (Å²) < 4.78 is 5.56. The lowest BCUT2D eigenvalue weighted by Gasteiger charge is -2.43. The third-order valence-electron chi connectivity index (χ3n) is 3.52. The summed E-state index contributed by atoms with van der Waals surface area (Å²) in [7, 11) is 0. The summed E-state index contributed by atoms with van der Waals surface area (Å²) in [6.07, 6.45) is 0.784. The molecule has 6 heteroatoms. The number of nitrogens with two attached hydrogens (primary N) is 1. The summed E-state index contributed by atoms with van der Waals surface area (Å²) >= 11 is 0. The van der Waals surface area contributed by atoms with Crippen molar-refractivity contribution in [1.29, 1.82) is 0 Å². The molecule has 0 spiro atoms. The van der Waals surface area contributed by atoms with Crippen LogP contribution in [0.3, 0.4) is 0 Å². The van der Waals surface area contributed by atoms with Crippen LogP contribution in [-0.2, 0) is 11.2 Å². The highest BCUT2D eigenvalue weighted by atomic mass is 16.5. The average Bonchev–Trinajstić information content (AvgIpc) is 2.39. The monoisotopic (exact) mass is 265 g/mol. The third-order valence-corrected chi connectivity index (χ3v) is 3.52. The Balaban J connectivity index is 2.48. The standard InChI is InChI=1S/C13H23N5O/c1-5-10-15-11(17-14)9(2)12(16-10)18-6-7-19-8-13(18,3)4/h5-8,14H2,1-4H3,(H,15,16,17). The van der Waals surface area contributed by atoms with Crippen LogP contribution in [0.5, 0.6) is 0 Å². The van der Waals surface area contributed by atoms with Gasteiger partial charge in [0.2, 0.25) is 0 Å². The van der Waals surface area contributed by atoms with Crippen molar-refractivity contribution < 1.29 is 4.74 Å². The molecule has 0 aliphatic carbocycles. The summed E-state index contributed by atoms with van der Waals surface area (Å²) in [6.45, 7) is 10.6. The minimum absolute atomic E-state index is 0.0752. The Kier molecular flexibility index (Phi) is 3.91. The third kappa shape index (κ3) is 2.64. The maximum absolute atomic E-state index is 5.56. The number of morpholine rings is 1. The molecule has 2 heterocycles. The smallest absolute Gasteiger partial charge is 0.148 e. The Morgan fingerprint density at radius 3 is 2.74 bits per heavy atom. The van der Waals surface area contributed by atoms with Crippen LogP contribution < -0.4 is 16.2 Å². The van der Waals surface area contributed by atoms with Gasteiger partial charge in [-0.05, 0) is 20.8 Å². The molecular weight excluding hydrogens is 242 g/mol. The van der Waals surface area contributed by atoms with Crippen LogP contribution >= 0.6 is 0 Å². The molecule has 0 unspecified atom stereocenters. The van der Waals surface area contributed by atoms with Crippen LogP contribution in [0, 0.1) is 6.92 Å². The van der Waals surface area contributed by atoms with E-state index in [1.54, 1.807) is 0 Å². The van der Waals surface area contributed by atoms with Crippen molar-refractivity contribution in [2.45, 2.75) is 39.7 Å². The van der Waals surface area contributed by atoms with E-state index in [9.17, 15) is 0 Å². The lowest BCUT2D eigenvalue weighted by molar-refractivity contribution is 0.0638. The van der Waals surface area contributed by atoms with Gasteiger partial charge in [0.1, 0.15) is 17.5 Å². The molecule has 0 amide bonds. The van der Waals surface area contributed by atoms with Gasteiger partial charge >= 0.3 is 0 Å². The van der Waals surface area contributed by atoms with Crippen molar-refractivity contribution in [1.82, 2.24) is 9.97 Å². The Morgan fingerprint density at radius 1 is 1.42 bits per heavy atom. The van der Waals surface area contributed by atoms with E-state index in [1.807, 2.05) is 13.8 Å². The molecule has 1 aliphatic rings. The first-order valence-corrected chi connectivity index (χ1v) is 6.69. The van der Waals surface area contributed by atoms with Gasteiger partial charge in [0.25, 0.3) is 0 Å². The SMILES string of the molecule is CCc1nc(NN)c(C)c(N2CCOCC2(C)C)n1. The fourth-order valence-electron chi connectivity index (χ4n) is 2.36. The number of hydrogen-bond acceptors (Lipinski definition) is 6. The largest absolute Gasteiger partial charge is 0.377 e. The topological polar surface area (TPSA) is 76.3 Å². The molecule has 1 aromatic rings. The zero-order valence-corrected chi connectivity index (χ0v) is 12.2. The number of hydrogen-bond donors (Lipinski definition) is 2. The first-order chi connectivity index (χ1) is 8.99. The fraction of sp³-hybridized carbons (Fsp3) is 0.692. The first-order valence-electron chi connectivity index (χ1n) is 6.69. The summed E-state index contributed by atoms with van der Waals surface area (Å²) in [6, 6.07) is 0. The highest BCUT2D eigenvalue weighted by Gasteiger charge is 2.33. The van der Waals surface area contributed by atoms with Crippen LogP contribution in [0.15, 0.2) is 0 Å². The summed E-state index contributed by atoms with van der Waals surface area (Å²) in [5.74, 6) is 8.01. The molecule has 1 saturated heterocycles. The molecule has 0 atom stereocenters. The van der Waals surface area contributed by atoms with E-state index in [0.717, 1.165) is 36.8 Å². The second kappa shape index (κ2) is 5.30. The molecule has 2 rings (SSSR count). The van der Waals surface area contributed by atoms with Crippen LogP contribution in [0.1, 0.15) is 32.2 Å². The summed E-state index contributed by atoms with van der Waals surface area (Å²) in [4.78, 5) is 11.4. The van der Waals surface area contributed by atoms with E-state index in [1.165, 1.54) is 0 Å². The molecule has 0 saturated carbocycles. The minimum Gasteiger partial charge on any atom is -0.377 e. The molecule has 19 heavy (non-hydrogen) atoms. The number of nitrogen functional groups attached to an aromatic ring is 1. The van der Waals surface area contributed by atoms with Gasteiger partial charge in [0.05, 0.1) is 18.8 Å². The van der Waals surface area contributed by atoms with Gasteiger partial charge in [-0.2, -0.15) is 0 Å². The van der Waals surface area contributed by atoms with Crippen molar-refractivity contribution in [2.24, 2.45) is 5.84 Å². The Labute approximate surface area is 114 Å². The lowest BCUT2D eigenvalue weighted by Crippen LogP contribution is -2.54. The summed E-state index contributed by atoms with van der Waals surface area (Å²) in [5.41, 5.74) is 3.57. The van der Waals surface area contributed by atoms with E-state index in [-0.39, 0.29) is 5.54 Å². The van der Waals surface area contributed by atoms with Gasteiger partial charge < -0.3 is 15.1 Å². The molecule has 1 aliphatic heterocycles. The number of rotatable bonds is 3. The van der Waals surface area contributed by atoms with Gasteiger partial charge in [-0.25, -0.2) is 15.8 Å². The van der Waals surface area contributed by atoms with Crippen LogP contribution in [0.4, 0.5) is 11.6 Å². The maximum Gasteiger partial charge on any atom is 0.148 e. The van der Waals surface area contributed by atoms with E-state index >= 15 is 0 Å². The molecule has 3 N–H and O–H groups in total. The summed E-state index contributed by atoms with van der Waals surface area (Å²) in [5, 5.41) is 0. The molecule has 1 fully saturated rings. The molecule has 0 bridgehead atoms. The number of aromatic nitrogens is 2. The van der Waals surface area contributed by atoms with Gasteiger partial charge in [-0.3, -0.25) is 0 Å². The predicted octanol–water partition coefficient (Wildman–Crippen LogP) is 1.25. The van der Waals surface area contributed by atoms with Crippen molar-refractivity contribution >= 4 is 11.6 Å². The predicted molar refractivity (Wildman–Crippen MR) is 76.2 cm³/mol. The normalized spacial score (nSPS) is 18.5. The zero-order valence-electron chi connectivity index (χ0n) is 12.2. The number of ether oxygens (including phenoxy) is 1. The van der Waals surface area contributed by atoms with Crippen molar-refractivity contribution in [3.05, 3.63) is 11.4 Å². The molecular formula is C13H23N5O. The van der Waals surface area contributed by atoms with Crippen molar-refractivity contribution in [3.8, 4) is 0 Å². The first kappa shape index (κ1) is 14.0. The van der Waals surface area contributed by atoms with E-state index in [2.05, 4.69) is 34.1 Å². The number of nitrogens with zero attached hydrogens (tertiary/aromatic N) is 3. The highest BCUT2D eigenvalue weighted by molar-refractivity contribution is 5.59. The number of aryl methyl sites for hydroxylation is 1. The molecule has 0 radical (unpaired) electrons. The molecule has 6 nitrogen and oxygen atoms in total. The zero-order chi connectivity index (χ0) is 14.0. The Morgan fingerprint density at radius 2 is 2.16 bits per heavy atom. The number of hydrazine groups is 1. The maximum atomic E-state index is 5.56. The van der Waals surface area contributed by atoms with E-state index < -0.39 is 0 Å². The second-order valence-corrected chi connectivity index (χ2v) is 5.45. The van der Waals surface area contributed by atoms with Crippen molar-refractivity contribution in [3.63, 3.8) is 0 Å². The molecule has 0 aromatic carbocycles. The average molecular weight is 265 g/mol. The van der Waals surface area contributed by atoms with Crippen LogP contribution in [0.25, 0.3) is 0 Å². The van der Waals surface area contributed by atoms with E-state index in [4.69, 9.17) is 10.6 Å². The van der Waals surface area contributed by atoms with Gasteiger partial charge in [0.15, 0.2) is 0 Å². The number of anilines is 2. The Bertz CT molecular complexity index is 461. The highest BCUT2D eigenvalue weighted by Crippen LogP contribution is 2.30. The lowest BCUT2D eigenvalue weighted by atomic mass is 10.0. The van der Waals surface area contributed by atoms with Gasteiger partial charge in [-0.1, -0.05) is 6.92 Å². The van der Waals surface area contributed by atoms with E-state index in [0.29, 0.717) is 12.4 Å². The minimum atomic E-state index is -0.0752.